The normalized spacial score (nSPS) is 13.4. The number of nitrogens with zero attached hydrogens (tertiary/aromatic N) is 1. The molecule has 1 heterocycles. The van der Waals surface area contributed by atoms with Gasteiger partial charge in [-0.3, -0.25) is 19.3 Å². The van der Waals surface area contributed by atoms with Crippen LogP contribution in [0, 0.1) is 0 Å². The molecule has 0 bridgehead atoms. The Morgan fingerprint density at radius 1 is 1.03 bits per heavy atom. The van der Waals surface area contributed by atoms with Crippen LogP contribution in [0.25, 0.3) is 0 Å². The molecule has 0 unspecified atom stereocenters. The maximum absolute atomic E-state index is 12.9. The van der Waals surface area contributed by atoms with Gasteiger partial charge in [0.15, 0.2) is 0 Å². The molecule has 3 rings (SSSR count). The molecule has 152 valence electrons. The third kappa shape index (κ3) is 4.16. The summed E-state index contributed by atoms with van der Waals surface area (Å²) in [6.07, 6.45) is 0.775. The number of carbonyl (C=O) groups excluding carboxylic acids is 3. The molecule has 3 amide bonds. The van der Waals surface area contributed by atoms with E-state index in [9.17, 15) is 14.4 Å². The van der Waals surface area contributed by atoms with Crippen LogP contribution in [-0.4, -0.2) is 34.8 Å². The monoisotopic (exact) mass is 394 g/mol. The predicted octanol–water partition coefficient (Wildman–Crippen LogP) is 3.80. The summed E-state index contributed by atoms with van der Waals surface area (Å²) in [6, 6.07) is 12.0. The van der Waals surface area contributed by atoms with Gasteiger partial charge in [0, 0.05) is 5.54 Å². The molecule has 0 aliphatic carbocycles. The second-order valence-electron chi connectivity index (χ2n) is 7.70. The Morgan fingerprint density at radius 3 is 2.21 bits per heavy atom. The van der Waals surface area contributed by atoms with Crippen LogP contribution >= 0.6 is 0 Å². The van der Waals surface area contributed by atoms with E-state index in [4.69, 9.17) is 4.74 Å². The Hall–Kier alpha value is -3.15. The van der Waals surface area contributed by atoms with Crippen LogP contribution in [-0.2, 0) is 6.54 Å². The Balaban J connectivity index is 1.89. The second kappa shape index (κ2) is 8.07. The molecule has 6 heteroatoms. The first kappa shape index (κ1) is 20.6. The SMILES string of the molecule is CCOc1ccc(CN2C(=O)c3ccccc3C2=O)cc1C(=O)NC(C)(C)CC. The van der Waals surface area contributed by atoms with Crippen molar-refractivity contribution in [1.29, 1.82) is 0 Å². The molecule has 1 aliphatic heterocycles. The highest BCUT2D eigenvalue weighted by molar-refractivity contribution is 6.21. The lowest BCUT2D eigenvalue weighted by atomic mass is 10.0. The van der Waals surface area contributed by atoms with Gasteiger partial charge in [-0.05, 0) is 57.0 Å². The summed E-state index contributed by atoms with van der Waals surface area (Å²) >= 11 is 0. The van der Waals surface area contributed by atoms with Crippen LogP contribution in [0.3, 0.4) is 0 Å². The van der Waals surface area contributed by atoms with E-state index in [2.05, 4.69) is 5.32 Å². The largest absolute Gasteiger partial charge is 0.493 e. The van der Waals surface area contributed by atoms with Crippen molar-refractivity contribution in [3.63, 3.8) is 0 Å². The summed E-state index contributed by atoms with van der Waals surface area (Å²) in [7, 11) is 0. The molecule has 0 saturated heterocycles. The first-order valence-corrected chi connectivity index (χ1v) is 9.81. The Kier molecular flexibility index (Phi) is 5.73. The minimum absolute atomic E-state index is 0.0935. The third-order valence-electron chi connectivity index (χ3n) is 5.14. The zero-order valence-electron chi connectivity index (χ0n) is 17.2. The second-order valence-corrected chi connectivity index (χ2v) is 7.70. The number of ether oxygens (including phenoxy) is 1. The van der Waals surface area contributed by atoms with E-state index in [-0.39, 0.29) is 29.8 Å². The number of nitrogens with one attached hydrogen (secondary N) is 1. The standard InChI is InChI=1S/C23H26N2O4/c1-5-23(3,4)24-20(26)18-13-15(11-12-19(18)29-6-2)14-25-21(27)16-9-7-8-10-17(16)22(25)28/h7-13H,5-6,14H2,1-4H3,(H,24,26). The first-order valence-electron chi connectivity index (χ1n) is 9.81. The van der Waals surface area contributed by atoms with Gasteiger partial charge in [0.05, 0.1) is 29.8 Å². The van der Waals surface area contributed by atoms with E-state index in [0.717, 1.165) is 6.42 Å². The Bertz CT molecular complexity index is 930. The summed E-state index contributed by atoms with van der Waals surface area (Å²) in [4.78, 5) is 39.3. The fraction of sp³-hybridized carbons (Fsp3) is 0.348. The number of imide groups is 1. The molecule has 1 aliphatic rings. The molecule has 29 heavy (non-hydrogen) atoms. The van der Waals surface area contributed by atoms with Gasteiger partial charge in [-0.1, -0.05) is 25.1 Å². The van der Waals surface area contributed by atoms with Gasteiger partial charge in [0.2, 0.25) is 0 Å². The van der Waals surface area contributed by atoms with Crippen molar-refractivity contribution < 1.29 is 19.1 Å². The molecule has 2 aromatic carbocycles. The van der Waals surface area contributed by atoms with Crippen molar-refractivity contribution in [3.8, 4) is 5.75 Å². The molecule has 0 spiro atoms. The van der Waals surface area contributed by atoms with Gasteiger partial charge in [-0.15, -0.1) is 0 Å². The van der Waals surface area contributed by atoms with Gasteiger partial charge < -0.3 is 10.1 Å². The maximum atomic E-state index is 12.9. The first-order chi connectivity index (χ1) is 13.8. The number of rotatable bonds is 7. The summed E-state index contributed by atoms with van der Waals surface area (Å²) in [6.45, 7) is 8.28. The van der Waals surface area contributed by atoms with Gasteiger partial charge >= 0.3 is 0 Å². The number of benzene rings is 2. The molecule has 0 fully saturated rings. The fourth-order valence-electron chi connectivity index (χ4n) is 3.16. The van der Waals surface area contributed by atoms with E-state index >= 15 is 0 Å². The van der Waals surface area contributed by atoms with Crippen molar-refractivity contribution >= 4 is 17.7 Å². The van der Waals surface area contributed by atoms with Crippen LogP contribution in [0.4, 0.5) is 0 Å². The maximum Gasteiger partial charge on any atom is 0.261 e. The number of fused-ring (bicyclic) bond motifs is 1. The number of hydrogen-bond acceptors (Lipinski definition) is 4. The highest BCUT2D eigenvalue weighted by Gasteiger charge is 2.35. The van der Waals surface area contributed by atoms with Crippen molar-refractivity contribution in [2.75, 3.05) is 6.61 Å². The lowest BCUT2D eigenvalue weighted by Crippen LogP contribution is -2.43. The molecule has 0 saturated carbocycles. The molecule has 1 N–H and O–H groups in total. The summed E-state index contributed by atoms with van der Waals surface area (Å²) in [5.74, 6) is -0.414. The van der Waals surface area contributed by atoms with E-state index in [1.807, 2.05) is 27.7 Å². The van der Waals surface area contributed by atoms with E-state index in [0.29, 0.717) is 34.6 Å². The van der Waals surface area contributed by atoms with Crippen LogP contribution in [0.15, 0.2) is 42.5 Å². The molecule has 0 aromatic heterocycles. The quantitative estimate of drug-likeness (QED) is 0.725. The Morgan fingerprint density at radius 2 is 1.66 bits per heavy atom. The van der Waals surface area contributed by atoms with Crippen molar-refractivity contribution in [2.45, 2.75) is 46.2 Å². The van der Waals surface area contributed by atoms with Crippen molar-refractivity contribution in [3.05, 3.63) is 64.7 Å². The summed E-state index contributed by atoms with van der Waals surface area (Å²) in [5.41, 5.74) is 1.53. The van der Waals surface area contributed by atoms with Crippen molar-refractivity contribution in [2.24, 2.45) is 0 Å². The van der Waals surface area contributed by atoms with E-state index in [1.165, 1.54) is 4.90 Å². The topological polar surface area (TPSA) is 75.7 Å². The fourth-order valence-corrected chi connectivity index (χ4v) is 3.16. The highest BCUT2D eigenvalue weighted by Crippen LogP contribution is 2.27. The van der Waals surface area contributed by atoms with E-state index in [1.54, 1.807) is 42.5 Å². The average molecular weight is 394 g/mol. The minimum atomic E-state index is -0.362. The number of carbonyl (C=O) groups is 3. The molecule has 0 atom stereocenters. The van der Waals surface area contributed by atoms with Gasteiger partial charge in [-0.25, -0.2) is 0 Å². The number of hydrogen-bond donors (Lipinski definition) is 1. The zero-order chi connectivity index (χ0) is 21.2. The zero-order valence-corrected chi connectivity index (χ0v) is 17.2. The summed E-state index contributed by atoms with van der Waals surface area (Å²) in [5, 5.41) is 3.01. The van der Waals surface area contributed by atoms with Gasteiger partial charge in [-0.2, -0.15) is 0 Å². The molecule has 0 radical (unpaired) electrons. The Labute approximate surface area is 170 Å². The van der Waals surface area contributed by atoms with Crippen LogP contribution in [0.1, 0.15) is 70.8 Å². The number of amides is 3. The van der Waals surface area contributed by atoms with Gasteiger partial charge in [0.1, 0.15) is 5.75 Å². The van der Waals surface area contributed by atoms with Crippen LogP contribution in [0.2, 0.25) is 0 Å². The highest BCUT2D eigenvalue weighted by atomic mass is 16.5. The lowest BCUT2D eigenvalue weighted by Gasteiger charge is -2.25. The van der Waals surface area contributed by atoms with Gasteiger partial charge in [0.25, 0.3) is 17.7 Å². The van der Waals surface area contributed by atoms with Crippen LogP contribution in [0.5, 0.6) is 5.75 Å². The van der Waals surface area contributed by atoms with Crippen LogP contribution < -0.4 is 10.1 Å². The molecular weight excluding hydrogens is 368 g/mol. The smallest absolute Gasteiger partial charge is 0.261 e. The molecule has 6 nitrogen and oxygen atoms in total. The third-order valence-corrected chi connectivity index (χ3v) is 5.14. The van der Waals surface area contributed by atoms with E-state index < -0.39 is 0 Å². The molecular formula is C23H26N2O4. The average Bonchev–Trinajstić information content (AvgIpc) is 2.94. The lowest BCUT2D eigenvalue weighted by molar-refractivity contribution is 0.0642. The summed E-state index contributed by atoms with van der Waals surface area (Å²) < 4.78 is 5.62. The van der Waals surface area contributed by atoms with Crippen molar-refractivity contribution in [1.82, 2.24) is 10.2 Å². The molecule has 2 aromatic rings. The minimum Gasteiger partial charge on any atom is -0.493 e. The predicted molar refractivity (Wildman–Crippen MR) is 110 cm³/mol.